The lowest BCUT2D eigenvalue weighted by Crippen LogP contribution is -2.21. The molecule has 0 saturated carbocycles. The molecule has 5 heteroatoms. The minimum atomic E-state index is -0.327. The van der Waals surface area contributed by atoms with E-state index in [4.69, 9.17) is 5.26 Å². The van der Waals surface area contributed by atoms with Crippen molar-refractivity contribution in [1.29, 1.82) is 5.26 Å². The van der Waals surface area contributed by atoms with Crippen molar-refractivity contribution in [2.75, 3.05) is 19.4 Å². The summed E-state index contributed by atoms with van der Waals surface area (Å²) in [7, 11) is 3.44. The van der Waals surface area contributed by atoms with Crippen LogP contribution >= 0.6 is 0 Å². The van der Waals surface area contributed by atoms with Crippen molar-refractivity contribution in [3.8, 4) is 17.2 Å². The van der Waals surface area contributed by atoms with Gasteiger partial charge in [0, 0.05) is 25.3 Å². The average Bonchev–Trinajstić information content (AvgIpc) is 2.55. The lowest BCUT2D eigenvalue weighted by Gasteiger charge is -2.11. The largest absolute Gasteiger partial charge is 0.345 e. The molecule has 5 nitrogen and oxygen atoms in total. The Bertz CT molecular complexity index is 741. The Morgan fingerprint density at radius 3 is 2.00 bits per heavy atom. The van der Waals surface area contributed by atoms with Crippen LogP contribution in [0.15, 0.2) is 48.5 Å². The molecule has 0 radical (unpaired) electrons. The second-order valence-corrected chi connectivity index (χ2v) is 5.24. The van der Waals surface area contributed by atoms with Crippen LogP contribution < -0.4 is 5.32 Å². The van der Waals surface area contributed by atoms with E-state index in [1.54, 1.807) is 44.4 Å². The normalized spacial score (nSPS) is 9.78. The third-order valence-electron chi connectivity index (χ3n) is 3.28. The second kappa shape index (κ2) is 7.23. The number of rotatable bonds is 4. The van der Waals surface area contributed by atoms with Crippen LogP contribution in [0.5, 0.6) is 0 Å². The molecule has 116 valence electrons. The van der Waals surface area contributed by atoms with Crippen LogP contribution in [-0.4, -0.2) is 30.8 Å². The van der Waals surface area contributed by atoms with Crippen molar-refractivity contribution >= 4 is 17.5 Å². The number of hydrogen-bond acceptors (Lipinski definition) is 3. The summed E-state index contributed by atoms with van der Waals surface area (Å²) in [4.78, 5) is 24.7. The molecule has 2 amide bonds. The van der Waals surface area contributed by atoms with E-state index in [1.807, 2.05) is 24.3 Å². The van der Waals surface area contributed by atoms with Crippen LogP contribution in [0.3, 0.4) is 0 Å². The van der Waals surface area contributed by atoms with E-state index in [0.717, 1.165) is 11.1 Å². The average molecular weight is 307 g/mol. The van der Waals surface area contributed by atoms with Gasteiger partial charge in [-0.15, -0.1) is 0 Å². The molecule has 0 fully saturated rings. The highest BCUT2D eigenvalue weighted by molar-refractivity contribution is 5.94. The van der Waals surface area contributed by atoms with Gasteiger partial charge in [0.1, 0.15) is 6.42 Å². The van der Waals surface area contributed by atoms with E-state index < -0.39 is 0 Å². The van der Waals surface area contributed by atoms with E-state index in [0.29, 0.717) is 11.3 Å². The first-order valence-corrected chi connectivity index (χ1v) is 7.10. The third kappa shape index (κ3) is 4.17. The van der Waals surface area contributed by atoms with Crippen LogP contribution in [-0.2, 0) is 4.79 Å². The smallest absolute Gasteiger partial charge is 0.253 e. The van der Waals surface area contributed by atoms with E-state index in [2.05, 4.69) is 5.32 Å². The molecular formula is C18H17N3O2. The number of carbonyl (C=O) groups excluding carboxylic acids is 2. The van der Waals surface area contributed by atoms with Crippen LogP contribution in [0.4, 0.5) is 5.69 Å². The van der Waals surface area contributed by atoms with Gasteiger partial charge in [0.15, 0.2) is 0 Å². The van der Waals surface area contributed by atoms with Crippen molar-refractivity contribution in [1.82, 2.24) is 4.90 Å². The highest BCUT2D eigenvalue weighted by Crippen LogP contribution is 2.22. The maximum atomic E-state index is 11.9. The number of carbonyl (C=O) groups is 2. The molecule has 0 heterocycles. The highest BCUT2D eigenvalue weighted by Gasteiger charge is 2.08. The van der Waals surface area contributed by atoms with Gasteiger partial charge < -0.3 is 10.2 Å². The van der Waals surface area contributed by atoms with Crippen LogP contribution in [0, 0.1) is 11.3 Å². The first kappa shape index (κ1) is 16.2. The fourth-order valence-corrected chi connectivity index (χ4v) is 2.09. The summed E-state index contributed by atoms with van der Waals surface area (Å²) in [6.07, 6.45) is -0.164. The molecule has 2 aromatic carbocycles. The molecule has 2 aromatic rings. The number of anilines is 1. The number of nitrogens with one attached hydrogen (secondary N) is 1. The summed E-state index contributed by atoms with van der Waals surface area (Å²) in [6.45, 7) is 0. The van der Waals surface area contributed by atoms with Crippen molar-refractivity contribution in [3.63, 3.8) is 0 Å². The topological polar surface area (TPSA) is 73.2 Å². The summed E-state index contributed by atoms with van der Waals surface area (Å²) < 4.78 is 0. The van der Waals surface area contributed by atoms with Crippen LogP contribution in [0.2, 0.25) is 0 Å². The molecule has 0 spiro atoms. The van der Waals surface area contributed by atoms with Gasteiger partial charge in [0.25, 0.3) is 5.91 Å². The Kier molecular flexibility index (Phi) is 5.11. The first-order chi connectivity index (χ1) is 11.0. The zero-order chi connectivity index (χ0) is 16.8. The van der Waals surface area contributed by atoms with Crippen molar-refractivity contribution in [2.24, 2.45) is 0 Å². The monoisotopic (exact) mass is 307 g/mol. The Hall–Kier alpha value is -3.13. The molecule has 0 aliphatic carbocycles. The predicted molar refractivity (Wildman–Crippen MR) is 88.8 cm³/mol. The van der Waals surface area contributed by atoms with Crippen LogP contribution in [0.1, 0.15) is 16.8 Å². The zero-order valence-corrected chi connectivity index (χ0v) is 13.0. The summed E-state index contributed by atoms with van der Waals surface area (Å²) in [5.41, 5.74) is 3.25. The lowest BCUT2D eigenvalue weighted by molar-refractivity contribution is -0.115. The molecule has 0 aromatic heterocycles. The summed E-state index contributed by atoms with van der Waals surface area (Å²) in [5.74, 6) is -0.362. The van der Waals surface area contributed by atoms with Crippen molar-refractivity contribution in [3.05, 3.63) is 54.1 Å². The number of nitrogens with zero attached hydrogens (tertiary/aromatic N) is 2. The Labute approximate surface area is 135 Å². The summed E-state index contributed by atoms with van der Waals surface area (Å²) in [6, 6.07) is 16.5. The predicted octanol–water partition coefficient (Wildman–Crippen LogP) is 2.91. The maximum Gasteiger partial charge on any atom is 0.253 e. The molecule has 0 bridgehead atoms. The molecule has 2 rings (SSSR count). The number of nitriles is 1. The first-order valence-electron chi connectivity index (χ1n) is 7.10. The molecular weight excluding hydrogens is 290 g/mol. The van der Waals surface area contributed by atoms with Crippen molar-refractivity contribution < 1.29 is 9.59 Å². The maximum absolute atomic E-state index is 11.9. The zero-order valence-electron chi connectivity index (χ0n) is 13.0. The number of amides is 2. The van der Waals surface area contributed by atoms with Gasteiger partial charge in [-0.3, -0.25) is 9.59 Å². The molecule has 0 aliphatic rings. The quantitative estimate of drug-likeness (QED) is 0.944. The fraction of sp³-hybridized carbons (Fsp3) is 0.167. The summed E-state index contributed by atoms with van der Waals surface area (Å²) >= 11 is 0. The summed E-state index contributed by atoms with van der Waals surface area (Å²) in [5, 5.41) is 11.1. The van der Waals surface area contributed by atoms with E-state index in [9.17, 15) is 9.59 Å². The SMILES string of the molecule is CN(C)C(=O)c1ccc(-c2ccc(NC(=O)CC#N)cc2)cc1. The van der Waals surface area contributed by atoms with E-state index in [1.165, 1.54) is 4.90 Å². The van der Waals surface area contributed by atoms with Crippen molar-refractivity contribution in [2.45, 2.75) is 6.42 Å². The van der Waals surface area contributed by atoms with Gasteiger partial charge >= 0.3 is 0 Å². The molecule has 0 aliphatic heterocycles. The molecule has 0 saturated heterocycles. The Morgan fingerprint density at radius 2 is 1.52 bits per heavy atom. The van der Waals surface area contributed by atoms with Gasteiger partial charge in [-0.2, -0.15) is 5.26 Å². The third-order valence-corrected chi connectivity index (χ3v) is 3.28. The minimum absolute atomic E-state index is 0.0351. The molecule has 23 heavy (non-hydrogen) atoms. The van der Waals surface area contributed by atoms with E-state index in [-0.39, 0.29) is 18.2 Å². The van der Waals surface area contributed by atoms with Gasteiger partial charge in [-0.25, -0.2) is 0 Å². The van der Waals surface area contributed by atoms with Gasteiger partial charge in [0.2, 0.25) is 5.91 Å². The van der Waals surface area contributed by atoms with Gasteiger partial charge in [-0.1, -0.05) is 24.3 Å². The minimum Gasteiger partial charge on any atom is -0.345 e. The molecule has 0 unspecified atom stereocenters. The second-order valence-electron chi connectivity index (χ2n) is 5.24. The standard InChI is InChI=1S/C18H17N3O2/c1-21(2)18(23)15-5-3-13(4-6-15)14-7-9-16(10-8-14)20-17(22)11-12-19/h3-10H,11H2,1-2H3,(H,20,22). The van der Waals surface area contributed by atoms with E-state index >= 15 is 0 Å². The highest BCUT2D eigenvalue weighted by atomic mass is 16.2. The Morgan fingerprint density at radius 1 is 1.00 bits per heavy atom. The van der Waals surface area contributed by atoms with Gasteiger partial charge in [0.05, 0.1) is 6.07 Å². The van der Waals surface area contributed by atoms with Crippen LogP contribution in [0.25, 0.3) is 11.1 Å². The Balaban J connectivity index is 2.12. The number of hydrogen-bond donors (Lipinski definition) is 1. The fourth-order valence-electron chi connectivity index (χ4n) is 2.09. The molecule has 0 atom stereocenters. The van der Waals surface area contributed by atoms with Gasteiger partial charge in [-0.05, 0) is 35.4 Å². The molecule has 1 N–H and O–H groups in total. The number of benzene rings is 2. The lowest BCUT2D eigenvalue weighted by atomic mass is 10.0.